The highest BCUT2D eigenvalue weighted by atomic mass is 32.2. The zero-order valence-electron chi connectivity index (χ0n) is 9.65. The van der Waals surface area contributed by atoms with Crippen LogP contribution in [0.3, 0.4) is 0 Å². The van der Waals surface area contributed by atoms with Crippen molar-refractivity contribution in [2.24, 2.45) is 5.92 Å². The monoisotopic (exact) mass is 231 g/mol. The molecule has 1 aromatic carbocycles. The zero-order chi connectivity index (χ0) is 11.4. The molecule has 1 aliphatic rings. The van der Waals surface area contributed by atoms with Crippen LogP contribution < -0.4 is 0 Å². The molecule has 0 aliphatic heterocycles. The van der Waals surface area contributed by atoms with Gasteiger partial charge in [-0.05, 0) is 43.7 Å². The van der Waals surface area contributed by atoms with Gasteiger partial charge in [0.2, 0.25) is 0 Å². The van der Waals surface area contributed by atoms with Crippen molar-refractivity contribution in [3.63, 3.8) is 0 Å². The number of rotatable bonds is 2. The average molecular weight is 231 g/mol. The zero-order valence-corrected chi connectivity index (χ0v) is 10.5. The Hall–Kier alpha value is -0.940. The second-order valence-electron chi connectivity index (χ2n) is 4.70. The molecule has 1 aromatic rings. The van der Waals surface area contributed by atoms with Crippen molar-refractivity contribution in [1.29, 1.82) is 5.26 Å². The Labute approximate surface area is 102 Å². The molecule has 0 spiro atoms. The molecule has 0 unspecified atom stereocenters. The Balaban J connectivity index is 2.09. The van der Waals surface area contributed by atoms with Crippen molar-refractivity contribution >= 4 is 11.8 Å². The van der Waals surface area contributed by atoms with Gasteiger partial charge >= 0.3 is 0 Å². The van der Waals surface area contributed by atoms with Crippen LogP contribution in [0.1, 0.15) is 32.6 Å². The highest BCUT2D eigenvalue weighted by molar-refractivity contribution is 8.01. The van der Waals surface area contributed by atoms with Crippen molar-refractivity contribution in [2.75, 3.05) is 0 Å². The molecule has 84 valence electrons. The Morgan fingerprint density at radius 2 is 1.88 bits per heavy atom. The molecule has 2 heteroatoms. The Bertz CT molecular complexity index is 371. The van der Waals surface area contributed by atoms with Gasteiger partial charge in [0, 0.05) is 4.90 Å². The van der Waals surface area contributed by atoms with Gasteiger partial charge in [0.05, 0.1) is 6.07 Å². The molecule has 0 N–H and O–H groups in total. The molecular formula is C14H17NS. The topological polar surface area (TPSA) is 23.8 Å². The first-order valence-electron chi connectivity index (χ1n) is 5.89. The van der Waals surface area contributed by atoms with E-state index in [0.717, 1.165) is 18.8 Å². The molecule has 1 nitrogen and oxygen atoms in total. The van der Waals surface area contributed by atoms with E-state index in [1.54, 1.807) is 11.8 Å². The molecule has 0 heterocycles. The van der Waals surface area contributed by atoms with Crippen molar-refractivity contribution in [2.45, 2.75) is 42.2 Å². The van der Waals surface area contributed by atoms with Crippen LogP contribution in [-0.2, 0) is 0 Å². The Kier molecular flexibility index (Phi) is 3.56. The summed E-state index contributed by atoms with van der Waals surface area (Å²) in [5.41, 5.74) is 0. The normalized spacial score (nSPS) is 29.6. The maximum atomic E-state index is 9.42. The molecule has 16 heavy (non-hydrogen) atoms. The molecule has 1 aliphatic carbocycles. The van der Waals surface area contributed by atoms with Crippen LogP contribution in [0.25, 0.3) is 0 Å². The summed E-state index contributed by atoms with van der Waals surface area (Å²) >= 11 is 1.75. The first-order valence-corrected chi connectivity index (χ1v) is 6.71. The highest BCUT2D eigenvalue weighted by Crippen LogP contribution is 2.44. The molecule has 0 amide bonds. The van der Waals surface area contributed by atoms with Gasteiger partial charge < -0.3 is 0 Å². The summed E-state index contributed by atoms with van der Waals surface area (Å²) in [5.74, 6) is 0.790. The van der Waals surface area contributed by atoms with E-state index >= 15 is 0 Å². The summed E-state index contributed by atoms with van der Waals surface area (Å²) in [4.78, 5) is 1.22. The number of hydrogen-bond acceptors (Lipinski definition) is 2. The Morgan fingerprint density at radius 1 is 1.25 bits per heavy atom. The van der Waals surface area contributed by atoms with Crippen molar-refractivity contribution in [1.82, 2.24) is 0 Å². The minimum Gasteiger partial charge on any atom is -0.197 e. The molecule has 0 saturated heterocycles. The van der Waals surface area contributed by atoms with E-state index < -0.39 is 0 Å². The fourth-order valence-electron chi connectivity index (χ4n) is 2.18. The van der Waals surface area contributed by atoms with Crippen LogP contribution >= 0.6 is 11.8 Å². The molecule has 0 bridgehead atoms. The Morgan fingerprint density at radius 3 is 2.44 bits per heavy atom. The third-order valence-electron chi connectivity index (χ3n) is 3.34. The number of thioether (sulfide) groups is 1. The van der Waals surface area contributed by atoms with Gasteiger partial charge in [0.1, 0.15) is 4.75 Å². The van der Waals surface area contributed by atoms with Gasteiger partial charge in [-0.1, -0.05) is 25.1 Å². The van der Waals surface area contributed by atoms with Crippen LogP contribution in [-0.4, -0.2) is 4.75 Å². The smallest absolute Gasteiger partial charge is 0.107 e. The fraction of sp³-hybridized carbons (Fsp3) is 0.500. The summed E-state index contributed by atoms with van der Waals surface area (Å²) in [5, 5.41) is 9.42. The third kappa shape index (κ3) is 2.59. The predicted octanol–water partition coefficient (Wildman–Crippen LogP) is 4.25. The predicted molar refractivity (Wildman–Crippen MR) is 68.3 cm³/mol. The van der Waals surface area contributed by atoms with Crippen molar-refractivity contribution in [3.8, 4) is 6.07 Å². The van der Waals surface area contributed by atoms with E-state index in [1.807, 2.05) is 18.2 Å². The summed E-state index contributed by atoms with van der Waals surface area (Å²) in [7, 11) is 0. The van der Waals surface area contributed by atoms with E-state index in [1.165, 1.54) is 17.7 Å². The second-order valence-corrected chi connectivity index (χ2v) is 6.16. The average Bonchev–Trinajstić information content (AvgIpc) is 2.34. The standard InChI is InChI=1S/C14H17NS/c1-12-7-9-14(11-15,10-8-12)16-13-5-3-2-4-6-13/h2-6,12H,7-10H2,1H3. The van der Waals surface area contributed by atoms with Gasteiger partial charge in [0.25, 0.3) is 0 Å². The molecule has 1 fully saturated rings. The van der Waals surface area contributed by atoms with Gasteiger partial charge in [0.15, 0.2) is 0 Å². The summed E-state index contributed by atoms with van der Waals surface area (Å²) in [6.07, 6.45) is 4.44. The first-order chi connectivity index (χ1) is 7.74. The number of nitrogens with zero attached hydrogens (tertiary/aromatic N) is 1. The number of nitriles is 1. The minimum atomic E-state index is -0.173. The SMILES string of the molecule is CC1CCC(C#N)(Sc2ccccc2)CC1. The summed E-state index contributed by atoms with van der Waals surface area (Å²) in [6.45, 7) is 2.29. The largest absolute Gasteiger partial charge is 0.197 e. The fourth-order valence-corrected chi connectivity index (χ4v) is 3.41. The lowest BCUT2D eigenvalue weighted by Crippen LogP contribution is -2.28. The molecule has 0 radical (unpaired) electrons. The van der Waals surface area contributed by atoms with E-state index in [4.69, 9.17) is 0 Å². The van der Waals surface area contributed by atoms with Crippen LogP contribution in [0.5, 0.6) is 0 Å². The quantitative estimate of drug-likeness (QED) is 0.759. The lowest BCUT2D eigenvalue weighted by atomic mass is 9.83. The molecule has 1 saturated carbocycles. The second kappa shape index (κ2) is 4.93. The van der Waals surface area contributed by atoms with E-state index in [9.17, 15) is 5.26 Å². The number of hydrogen-bond donors (Lipinski definition) is 0. The van der Waals surface area contributed by atoms with Gasteiger partial charge in [-0.2, -0.15) is 5.26 Å². The van der Waals surface area contributed by atoms with Crippen LogP contribution in [0.4, 0.5) is 0 Å². The highest BCUT2D eigenvalue weighted by Gasteiger charge is 2.35. The lowest BCUT2D eigenvalue weighted by molar-refractivity contribution is 0.358. The maximum absolute atomic E-state index is 9.42. The van der Waals surface area contributed by atoms with Crippen molar-refractivity contribution < 1.29 is 0 Å². The molecule has 2 rings (SSSR count). The molecule has 0 aromatic heterocycles. The van der Waals surface area contributed by atoms with Crippen LogP contribution in [0.2, 0.25) is 0 Å². The molecule has 0 atom stereocenters. The minimum absolute atomic E-state index is 0.173. The van der Waals surface area contributed by atoms with E-state index in [0.29, 0.717) is 0 Å². The van der Waals surface area contributed by atoms with Gasteiger partial charge in [-0.25, -0.2) is 0 Å². The number of benzene rings is 1. The van der Waals surface area contributed by atoms with Gasteiger partial charge in [-0.3, -0.25) is 0 Å². The third-order valence-corrected chi connectivity index (χ3v) is 4.74. The summed E-state index contributed by atoms with van der Waals surface area (Å²) in [6, 6.07) is 12.8. The van der Waals surface area contributed by atoms with Crippen LogP contribution in [0, 0.1) is 17.2 Å². The molecular weight excluding hydrogens is 214 g/mol. The summed E-state index contributed by atoms with van der Waals surface area (Å²) < 4.78 is -0.173. The van der Waals surface area contributed by atoms with Crippen LogP contribution in [0.15, 0.2) is 35.2 Å². The van der Waals surface area contributed by atoms with E-state index in [2.05, 4.69) is 25.1 Å². The maximum Gasteiger partial charge on any atom is 0.107 e. The van der Waals surface area contributed by atoms with E-state index in [-0.39, 0.29) is 4.75 Å². The lowest BCUT2D eigenvalue weighted by Gasteiger charge is -2.33. The van der Waals surface area contributed by atoms with Gasteiger partial charge in [-0.15, -0.1) is 11.8 Å². The first kappa shape index (κ1) is 11.5. The van der Waals surface area contributed by atoms with Crippen molar-refractivity contribution in [3.05, 3.63) is 30.3 Å².